The van der Waals surface area contributed by atoms with Crippen LogP contribution in [-0.4, -0.2) is 18.0 Å². The van der Waals surface area contributed by atoms with Crippen LogP contribution < -0.4 is 11.1 Å². The minimum absolute atomic E-state index is 0.0140. The second-order valence-corrected chi connectivity index (χ2v) is 5.94. The largest absolute Gasteiger partial charge is 0.446 e. The SMILES string of the molecule is NCC1(C(=O)Nc2ccccc2SC(F)(F)F)CCC1. The Bertz CT molecular complexity index is 495. The van der Waals surface area contributed by atoms with Gasteiger partial charge >= 0.3 is 5.51 Å². The third kappa shape index (κ3) is 3.27. The summed E-state index contributed by atoms with van der Waals surface area (Å²) in [5.74, 6) is -0.290. The van der Waals surface area contributed by atoms with Crippen LogP contribution in [0.4, 0.5) is 18.9 Å². The molecular formula is C13H15F3N2OS. The molecule has 7 heteroatoms. The summed E-state index contributed by atoms with van der Waals surface area (Å²) in [5.41, 5.74) is 0.796. The molecule has 1 saturated carbocycles. The van der Waals surface area contributed by atoms with Crippen molar-refractivity contribution in [2.75, 3.05) is 11.9 Å². The molecule has 0 atom stereocenters. The zero-order valence-corrected chi connectivity index (χ0v) is 11.5. The quantitative estimate of drug-likeness (QED) is 0.839. The topological polar surface area (TPSA) is 55.1 Å². The fourth-order valence-corrected chi connectivity index (χ4v) is 2.79. The summed E-state index contributed by atoms with van der Waals surface area (Å²) in [4.78, 5) is 12.2. The van der Waals surface area contributed by atoms with Crippen molar-refractivity contribution < 1.29 is 18.0 Å². The van der Waals surface area contributed by atoms with E-state index in [9.17, 15) is 18.0 Å². The van der Waals surface area contributed by atoms with Crippen molar-refractivity contribution in [2.45, 2.75) is 29.7 Å². The molecule has 0 aromatic heterocycles. The molecule has 0 radical (unpaired) electrons. The number of alkyl halides is 3. The second kappa shape index (κ2) is 5.65. The molecule has 0 heterocycles. The van der Waals surface area contributed by atoms with Crippen LogP contribution in [0.5, 0.6) is 0 Å². The first kappa shape index (κ1) is 15.2. The number of nitrogens with two attached hydrogens (primary N) is 1. The third-order valence-electron chi connectivity index (χ3n) is 3.54. The lowest BCUT2D eigenvalue weighted by atomic mass is 9.68. The molecule has 1 amide bonds. The van der Waals surface area contributed by atoms with Crippen molar-refractivity contribution in [1.29, 1.82) is 0 Å². The van der Waals surface area contributed by atoms with E-state index >= 15 is 0 Å². The first-order valence-corrected chi connectivity index (χ1v) is 7.04. The maximum Gasteiger partial charge on any atom is 0.446 e. The van der Waals surface area contributed by atoms with Gasteiger partial charge in [0, 0.05) is 11.4 Å². The van der Waals surface area contributed by atoms with Gasteiger partial charge in [0.05, 0.1) is 11.1 Å². The van der Waals surface area contributed by atoms with Crippen LogP contribution in [0, 0.1) is 5.41 Å². The Hall–Kier alpha value is -1.21. The van der Waals surface area contributed by atoms with Gasteiger partial charge in [-0.05, 0) is 36.7 Å². The normalized spacial score (nSPS) is 17.4. The van der Waals surface area contributed by atoms with Gasteiger partial charge in [0.15, 0.2) is 0 Å². The Balaban J connectivity index is 2.15. The molecule has 0 saturated heterocycles. The molecule has 1 aromatic rings. The number of hydrogen-bond donors (Lipinski definition) is 2. The average molecular weight is 304 g/mol. The third-order valence-corrected chi connectivity index (χ3v) is 4.35. The van der Waals surface area contributed by atoms with Gasteiger partial charge in [-0.3, -0.25) is 4.79 Å². The zero-order valence-electron chi connectivity index (χ0n) is 10.7. The number of amides is 1. The van der Waals surface area contributed by atoms with Gasteiger partial charge in [0.2, 0.25) is 5.91 Å². The van der Waals surface area contributed by atoms with Crippen LogP contribution >= 0.6 is 11.8 Å². The monoisotopic (exact) mass is 304 g/mol. The predicted octanol–water partition coefficient (Wildman–Crippen LogP) is 3.37. The Morgan fingerprint density at radius 3 is 2.50 bits per heavy atom. The Labute approximate surface area is 119 Å². The van der Waals surface area contributed by atoms with E-state index in [1.54, 1.807) is 6.07 Å². The standard InChI is InChI=1S/C13H15F3N2OS/c14-13(15,16)20-10-5-2-1-4-9(10)18-11(19)12(8-17)6-3-7-12/h1-2,4-5H,3,6-8,17H2,(H,18,19). The Morgan fingerprint density at radius 1 is 1.35 bits per heavy atom. The number of benzene rings is 1. The average Bonchev–Trinajstić information content (AvgIpc) is 2.29. The van der Waals surface area contributed by atoms with E-state index in [-0.39, 0.29) is 34.8 Å². The molecular weight excluding hydrogens is 289 g/mol. The van der Waals surface area contributed by atoms with E-state index in [2.05, 4.69) is 5.32 Å². The first-order chi connectivity index (χ1) is 9.36. The van der Waals surface area contributed by atoms with Gasteiger partial charge in [-0.1, -0.05) is 18.6 Å². The summed E-state index contributed by atoms with van der Waals surface area (Å²) in [6, 6.07) is 5.90. The number of halogens is 3. The summed E-state index contributed by atoms with van der Waals surface area (Å²) < 4.78 is 37.4. The zero-order chi connectivity index (χ0) is 14.8. The highest BCUT2D eigenvalue weighted by Crippen LogP contribution is 2.43. The molecule has 1 aliphatic rings. The second-order valence-electron chi connectivity index (χ2n) is 4.84. The van der Waals surface area contributed by atoms with Crippen molar-refractivity contribution in [2.24, 2.45) is 11.1 Å². The molecule has 3 N–H and O–H groups in total. The van der Waals surface area contributed by atoms with Crippen molar-refractivity contribution in [1.82, 2.24) is 0 Å². The van der Waals surface area contributed by atoms with Gasteiger partial charge in [0.25, 0.3) is 0 Å². The van der Waals surface area contributed by atoms with Crippen molar-refractivity contribution in [3.8, 4) is 0 Å². The maximum absolute atomic E-state index is 12.5. The minimum Gasteiger partial charge on any atom is -0.329 e. The maximum atomic E-state index is 12.5. The van der Waals surface area contributed by atoms with Gasteiger partial charge in [-0.25, -0.2) is 0 Å². The van der Waals surface area contributed by atoms with E-state index in [1.807, 2.05) is 0 Å². The Morgan fingerprint density at radius 2 is 2.00 bits per heavy atom. The number of thioether (sulfide) groups is 1. The first-order valence-electron chi connectivity index (χ1n) is 6.23. The van der Waals surface area contributed by atoms with E-state index in [4.69, 9.17) is 5.73 Å². The van der Waals surface area contributed by atoms with Crippen LogP contribution in [0.25, 0.3) is 0 Å². The van der Waals surface area contributed by atoms with Crippen LogP contribution in [0.15, 0.2) is 29.2 Å². The van der Waals surface area contributed by atoms with E-state index in [0.29, 0.717) is 12.8 Å². The molecule has 20 heavy (non-hydrogen) atoms. The molecule has 3 nitrogen and oxygen atoms in total. The van der Waals surface area contributed by atoms with Gasteiger partial charge in [-0.2, -0.15) is 13.2 Å². The summed E-state index contributed by atoms with van der Waals surface area (Å²) in [6.07, 6.45) is 2.29. The lowest BCUT2D eigenvalue weighted by molar-refractivity contribution is -0.129. The van der Waals surface area contributed by atoms with E-state index in [0.717, 1.165) is 6.42 Å². The highest BCUT2D eigenvalue weighted by Gasteiger charge is 2.43. The molecule has 1 aliphatic carbocycles. The Kier molecular flexibility index (Phi) is 4.29. The smallest absolute Gasteiger partial charge is 0.329 e. The highest BCUT2D eigenvalue weighted by atomic mass is 32.2. The summed E-state index contributed by atoms with van der Waals surface area (Å²) in [6.45, 7) is 0.216. The van der Waals surface area contributed by atoms with Crippen LogP contribution in [-0.2, 0) is 4.79 Å². The molecule has 2 rings (SSSR count). The van der Waals surface area contributed by atoms with Crippen LogP contribution in [0.2, 0.25) is 0 Å². The van der Waals surface area contributed by atoms with Crippen molar-refractivity contribution >= 4 is 23.4 Å². The van der Waals surface area contributed by atoms with Crippen molar-refractivity contribution in [3.63, 3.8) is 0 Å². The van der Waals surface area contributed by atoms with Gasteiger partial charge in [-0.15, -0.1) is 0 Å². The predicted molar refractivity (Wildman–Crippen MR) is 72.3 cm³/mol. The number of nitrogens with one attached hydrogen (secondary N) is 1. The summed E-state index contributed by atoms with van der Waals surface area (Å²) in [7, 11) is 0. The number of carbonyl (C=O) groups is 1. The molecule has 0 aliphatic heterocycles. The van der Waals surface area contributed by atoms with Crippen LogP contribution in [0.3, 0.4) is 0 Å². The van der Waals surface area contributed by atoms with Crippen LogP contribution in [0.1, 0.15) is 19.3 Å². The summed E-state index contributed by atoms with van der Waals surface area (Å²) >= 11 is -0.233. The number of para-hydroxylation sites is 1. The fraction of sp³-hybridized carbons (Fsp3) is 0.462. The molecule has 110 valence electrons. The van der Waals surface area contributed by atoms with E-state index in [1.165, 1.54) is 18.2 Å². The lowest BCUT2D eigenvalue weighted by Gasteiger charge is -2.39. The molecule has 1 aromatic carbocycles. The van der Waals surface area contributed by atoms with Gasteiger partial charge in [0.1, 0.15) is 0 Å². The minimum atomic E-state index is -4.39. The lowest BCUT2D eigenvalue weighted by Crippen LogP contribution is -2.47. The van der Waals surface area contributed by atoms with Crippen molar-refractivity contribution in [3.05, 3.63) is 24.3 Å². The number of rotatable bonds is 4. The number of hydrogen-bond acceptors (Lipinski definition) is 3. The number of anilines is 1. The number of carbonyl (C=O) groups excluding carboxylic acids is 1. The fourth-order valence-electron chi connectivity index (χ4n) is 2.17. The summed E-state index contributed by atoms with van der Waals surface area (Å²) in [5, 5.41) is 2.59. The molecule has 0 unspecified atom stereocenters. The highest BCUT2D eigenvalue weighted by molar-refractivity contribution is 8.00. The molecule has 1 fully saturated rings. The van der Waals surface area contributed by atoms with Gasteiger partial charge < -0.3 is 11.1 Å². The molecule has 0 spiro atoms. The van der Waals surface area contributed by atoms with E-state index < -0.39 is 10.9 Å². The molecule has 0 bridgehead atoms.